The number of hydrogen-bond donors (Lipinski definition) is 2. The molecule has 0 radical (unpaired) electrons. The van der Waals surface area contributed by atoms with Gasteiger partial charge in [-0.1, -0.05) is 30.3 Å². The maximum Gasteiger partial charge on any atom is 0.234 e. The number of nitrogens with one attached hydrogen (secondary N) is 2. The molecule has 0 spiro atoms. The van der Waals surface area contributed by atoms with Gasteiger partial charge in [0.2, 0.25) is 5.91 Å². The quantitative estimate of drug-likeness (QED) is 0.607. The molecule has 0 heterocycles. The molecule has 0 saturated carbocycles. The van der Waals surface area contributed by atoms with Crippen molar-refractivity contribution in [3.8, 4) is 0 Å². The van der Waals surface area contributed by atoms with Crippen molar-refractivity contribution in [2.24, 2.45) is 0 Å². The van der Waals surface area contributed by atoms with E-state index in [1.807, 2.05) is 30.3 Å². The number of carbonyl (C=O) groups is 1. The van der Waals surface area contributed by atoms with Crippen molar-refractivity contribution in [3.05, 3.63) is 35.9 Å². The van der Waals surface area contributed by atoms with Gasteiger partial charge >= 0.3 is 0 Å². The second-order valence-electron chi connectivity index (χ2n) is 4.04. The molecule has 106 valence electrons. The van der Waals surface area contributed by atoms with E-state index in [4.69, 9.17) is 9.47 Å². The number of carbonyl (C=O) groups excluding carboxylic acids is 1. The summed E-state index contributed by atoms with van der Waals surface area (Å²) in [5.41, 5.74) is 1.10. The minimum absolute atomic E-state index is 0.0132. The fourth-order valence-corrected chi connectivity index (χ4v) is 1.45. The van der Waals surface area contributed by atoms with Gasteiger partial charge in [0.25, 0.3) is 0 Å². The van der Waals surface area contributed by atoms with E-state index in [0.717, 1.165) is 5.56 Å². The van der Waals surface area contributed by atoms with Gasteiger partial charge in [0.1, 0.15) is 0 Å². The van der Waals surface area contributed by atoms with E-state index in [-0.39, 0.29) is 5.91 Å². The van der Waals surface area contributed by atoms with Crippen LogP contribution in [0.5, 0.6) is 0 Å². The number of methoxy groups -OCH3 is 1. The van der Waals surface area contributed by atoms with Crippen LogP contribution in [0.1, 0.15) is 5.56 Å². The molecule has 5 heteroatoms. The standard InChI is InChI=1S/C14H22N2O3/c1-18-9-10-19-8-7-15-12-14(17)16-11-13-5-3-2-4-6-13/h2-6,15H,7-12H2,1H3,(H,16,17). The maximum atomic E-state index is 11.5. The van der Waals surface area contributed by atoms with Gasteiger partial charge in [-0.25, -0.2) is 0 Å². The SMILES string of the molecule is COCCOCCNCC(=O)NCc1ccccc1. The van der Waals surface area contributed by atoms with Crippen LogP contribution < -0.4 is 10.6 Å². The molecule has 1 aromatic rings. The highest BCUT2D eigenvalue weighted by molar-refractivity contribution is 5.77. The number of ether oxygens (including phenoxy) is 2. The van der Waals surface area contributed by atoms with Crippen molar-refractivity contribution >= 4 is 5.91 Å². The van der Waals surface area contributed by atoms with Crippen LogP contribution in [0.4, 0.5) is 0 Å². The molecule has 1 aromatic carbocycles. The largest absolute Gasteiger partial charge is 0.382 e. The van der Waals surface area contributed by atoms with Gasteiger partial charge in [-0.2, -0.15) is 0 Å². The number of amides is 1. The second kappa shape index (κ2) is 10.5. The van der Waals surface area contributed by atoms with Crippen LogP contribution in [0, 0.1) is 0 Å². The molecule has 0 unspecified atom stereocenters. The first-order valence-electron chi connectivity index (χ1n) is 6.41. The van der Waals surface area contributed by atoms with E-state index >= 15 is 0 Å². The van der Waals surface area contributed by atoms with Crippen LogP contribution in [0.25, 0.3) is 0 Å². The number of rotatable bonds is 10. The summed E-state index contributed by atoms with van der Waals surface area (Å²) in [6.45, 7) is 3.28. The lowest BCUT2D eigenvalue weighted by Crippen LogP contribution is -2.35. The zero-order chi connectivity index (χ0) is 13.8. The Kier molecular flexibility index (Phi) is 8.63. The Morgan fingerprint density at radius 2 is 1.95 bits per heavy atom. The van der Waals surface area contributed by atoms with Gasteiger partial charge in [0, 0.05) is 20.2 Å². The molecule has 1 amide bonds. The molecular formula is C14H22N2O3. The Bertz CT molecular complexity index is 344. The monoisotopic (exact) mass is 266 g/mol. The summed E-state index contributed by atoms with van der Waals surface area (Å²) in [7, 11) is 1.64. The molecule has 0 aliphatic rings. The lowest BCUT2D eigenvalue weighted by Gasteiger charge is -2.07. The third-order valence-corrected chi connectivity index (χ3v) is 2.47. The average molecular weight is 266 g/mol. The molecule has 0 aliphatic heterocycles. The molecule has 19 heavy (non-hydrogen) atoms. The Morgan fingerprint density at radius 3 is 2.68 bits per heavy atom. The summed E-state index contributed by atoms with van der Waals surface area (Å²) in [6, 6.07) is 9.83. The molecule has 0 atom stereocenters. The van der Waals surface area contributed by atoms with Crippen molar-refractivity contribution in [2.45, 2.75) is 6.54 Å². The predicted molar refractivity (Wildman–Crippen MR) is 73.9 cm³/mol. The molecule has 0 aliphatic carbocycles. The molecular weight excluding hydrogens is 244 g/mol. The van der Waals surface area contributed by atoms with Gasteiger partial charge in [0.05, 0.1) is 26.4 Å². The lowest BCUT2D eigenvalue weighted by atomic mass is 10.2. The first-order valence-corrected chi connectivity index (χ1v) is 6.41. The highest BCUT2D eigenvalue weighted by atomic mass is 16.5. The van der Waals surface area contributed by atoms with Crippen LogP contribution in [0.3, 0.4) is 0 Å². The summed E-state index contributed by atoms with van der Waals surface area (Å²) in [5.74, 6) is -0.0132. The van der Waals surface area contributed by atoms with E-state index < -0.39 is 0 Å². The fraction of sp³-hybridized carbons (Fsp3) is 0.500. The van der Waals surface area contributed by atoms with Crippen molar-refractivity contribution in [1.82, 2.24) is 10.6 Å². The molecule has 2 N–H and O–H groups in total. The van der Waals surface area contributed by atoms with Gasteiger partial charge in [-0.3, -0.25) is 4.79 Å². The van der Waals surface area contributed by atoms with E-state index in [1.165, 1.54) is 0 Å². The lowest BCUT2D eigenvalue weighted by molar-refractivity contribution is -0.120. The average Bonchev–Trinajstić information content (AvgIpc) is 2.45. The number of hydrogen-bond acceptors (Lipinski definition) is 4. The summed E-state index contributed by atoms with van der Waals surface area (Å²) >= 11 is 0. The molecule has 0 saturated heterocycles. The van der Waals surface area contributed by atoms with Crippen molar-refractivity contribution < 1.29 is 14.3 Å². The summed E-state index contributed by atoms with van der Waals surface area (Å²) in [4.78, 5) is 11.5. The zero-order valence-electron chi connectivity index (χ0n) is 11.4. The van der Waals surface area contributed by atoms with Crippen LogP contribution in [-0.4, -0.2) is 45.9 Å². The van der Waals surface area contributed by atoms with E-state index in [0.29, 0.717) is 39.5 Å². The van der Waals surface area contributed by atoms with Gasteiger partial charge < -0.3 is 20.1 Å². The highest BCUT2D eigenvalue weighted by Crippen LogP contribution is 1.96. The first kappa shape index (κ1) is 15.6. The summed E-state index contributed by atoms with van der Waals surface area (Å²) in [6.07, 6.45) is 0. The van der Waals surface area contributed by atoms with Crippen LogP contribution in [-0.2, 0) is 20.8 Å². The maximum absolute atomic E-state index is 11.5. The Balaban J connectivity index is 1.96. The molecule has 1 rings (SSSR count). The fourth-order valence-electron chi connectivity index (χ4n) is 1.45. The van der Waals surface area contributed by atoms with E-state index in [9.17, 15) is 4.79 Å². The molecule has 0 fully saturated rings. The van der Waals surface area contributed by atoms with Crippen molar-refractivity contribution in [1.29, 1.82) is 0 Å². The van der Waals surface area contributed by atoms with Gasteiger partial charge in [0.15, 0.2) is 0 Å². The van der Waals surface area contributed by atoms with Crippen LogP contribution in [0.2, 0.25) is 0 Å². The zero-order valence-corrected chi connectivity index (χ0v) is 11.4. The van der Waals surface area contributed by atoms with Crippen molar-refractivity contribution in [2.75, 3.05) is 40.0 Å². The predicted octanol–water partition coefficient (Wildman–Crippen LogP) is 0.555. The normalized spacial score (nSPS) is 10.4. The van der Waals surface area contributed by atoms with E-state index in [1.54, 1.807) is 7.11 Å². The molecule has 0 bridgehead atoms. The van der Waals surface area contributed by atoms with Gasteiger partial charge in [-0.05, 0) is 5.56 Å². The minimum atomic E-state index is -0.0132. The third kappa shape index (κ3) is 8.31. The summed E-state index contributed by atoms with van der Waals surface area (Å²) < 4.78 is 10.1. The smallest absolute Gasteiger partial charge is 0.234 e. The number of benzene rings is 1. The third-order valence-electron chi connectivity index (χ3n) is 2.47. The van der Waals surface area contributed by atoms with Crippen LogP contribution >= 0.6 is 0 Å². The summed E-state index contributed by atoms with van der Waals surface area (Å²) in [5, 5.41) is 5.87. The Labute approximate surface area is 114 Å². The molecule has 5 nitrogen and oxygen atoms in total. The highest BCUT2D eigenvalue weighted by Gasteiger charge is 2.00. The van der Waals surface area contributed by atoms with E-state index in [2.05, 4.69) is 10.6 Å². The Morgan fingerprint density at radius 1 is 1.16 bits per heavy atom. The topological polar surface area (TPSA) is 59.6 Å². The van der Waals surface area contributed by atoms with Crippen molar-refractivity contribution in [3.63, 3.8) is 0 Å². The molecule has 0 aromatic heterocycles. The minimum Gasteiger partial charge on any atom is -0.382 e. The van der Waals surface area contributed by atoms with Gasteiger partial charge in [-0.15, -0.1) is 0 Å². The first-order chi connectivity index (χ1) is 9.33. The Hall–Kier alpha value is -1.43. The second-order valence-corrected chi connectivity index (χ2v) is 4.04. The van der Waals surface area contributed by atoms with Crippen LogP contribution in [0.15, 0.2) is 30.3 Å².